The minimum Gasteiger partial charge on any atom is -0.494 e. The van der Waals surface area contributed by atoms with Crippen molar-refractivity contribution >= 4 is 17.5 Å². The number of carbonyl (C=O) groups excluding carboxylic acids is 1. The van der Waals surface area contributed by atoms with Crippen LogP contribution in [0.15, 0.2) is 60.9 Å². The summed E-state index contributed by atoms with van der Waals surface area (Å²) in [5, 5.41) is 5.20. The molecule has 2 heterocycles. The number of rotatable bonds is 6. The molecule has 0 unspecified atom stereocenters. The van der Waals surface area contributed by atoms with Crippen molar-refractivity contribution in [1.29, 1.82) is 0 Å². The van der Waals surface area contributed by atoms with Gasteiger partial charge in [-0.25, -0.2) is 4.68 Å². The summed E-state index contributed by atoms with van der Waals surface area (Å²) in [5.74, 6) is 0.949. The molecule has 1 fully saturated rings. The van der Waals surface area contributed by atoms with Crippen molar-refractivity contribution in [3.63, 3.8) is 0 Å². The molecule has 0 spiro atoms. The van der Waals surface area contributed by atoms with E-state index in [4.69, 9.17) is 16.3 Å². The van der Waals surface area contributed by atoms with Gasteiger partial charge in [0.1, 0.15) is 11.4 Å². The number of methoxy groups -OCH3 is 1. The Hall–Kier alpha value is -2.83. The van der Waals surface area contributed by atoms with Crippen molar-refractivity contribution < 1.29 is 9.53 Å². The molecule has 1 aliphatic rings. The van der Waals surface area contributed by atoms with Crippen LogP contribution in [0, 0.1) is 0 Å². The highest BCUT2D eigenvalue weighted by atomic mass is 35.5. The fourth-order valence-corrected chi connectivity index (χ4v) is 3.91. The summed E-state index contributed by atoms with van der Waals surface area (Å²) in [6, 6.07) is 15.5. The van der Waals surface area contributed by atoms with Gasteiger partial charge in [0.05, 0.1) is 13.3 Å². The zero-order valence-electron chi connectivity index (χ0n) is 17.0. The Kier molecular flexibility index (Phi) is 6.35. The molecule has 0 N–H and O–H groups in total. The maximum absolute atomic E-state index is 12.6. The van der Waals surface area contributed by atoms with Gasteiger partial charge in [0.2, 0.25) is 5.91 Å². The predicted molar refractivity (Wildman–Crippen MR) is 117 cm³/mol. The standard InChI is InChI=1S/C23H25ClN4O2/c1-30-22-9-5-4-8-21(22)28-16-18(14-25-28)15-26-11-10-23(29)27(13-12-26)17-19-6-2-3-7-20(19)24/h2-9,14,16H,10-13,15,17H2,1H3. The van der Waals surface area contributed by atoms with Crippen LogP contribution in [0.25, 0.3) is 5.69 Å². The summed E-state index contributed by atoms with van der Waals surface area (Å²) >= 11 is 6.28. The lowest BCUT2D eigenvalue weighted by Gasteiger charge is -2.22. The van der Waals surface area contributed by atoms with Crippen LogP contribution >= 0.6 is 11.6 Å². The molecule has 0 saturated carbocycles. The zero-order valence-corrected chi connectivity index (χ0v) is 17.8. The molecule has 1 saturated heterocycles. The summed E-state index contributed by atoms with van der Waals surface area (Å²) in [7, 11) is 1.66. The Bertz CT molecular complexity index is 1020. The van der Waals surface area contributed by atoms with E-state index >= 15 is 0 Å². The molecule has 7 heteroatoms. The highest BCUT2D eigenvalue weighted by Gasteiger charge is 2.22. The molecular weight excluding hydrogens is 400 g/mol. The van der Waals surface area contributed by atoms with Crippen LogP contribution in [0.1, 0.15) is 17.5 Å². The van der Waals surface area contributed by atoms with Gasteiger partial charge in [-0.05, 0) is 23.8 Å². The van der Waals surface area contributed by atoms with E-state index in [1.165, 1.54) is 0 Å². The Labute approximate surface area is 181 Å². The first kappa shape index (κ1) is 20.4. The fraction of sp³-hybridized carbons (Fsp3) is 0.304. The van der Waals surface area contributed by atoms with Crippen LogP contribution in [0.2, 0.25) is 5.02 Å². The molecule has 0 atom stereocenters. The SMILES string of the molecule is COc1ccccc1-n1cc(CN2CCC(=O)N(Cc3ccccc3Cl)CC2)cn1. The molecule has 1 amide bonds. The topological polar surface area (TPSA) is 50.6 Å². The first-order valence-electron chi connectivity index (χ1n) is 10.0. The van der Waals surface area contributed by atoms with Gasteiger partial charge in [-0.1, -0.05) is 41.9 Å². The normalized spacial score (nSPS) is 15.3. The fourth-order valence-electron chi connectivity index (χ4n) is 3.72. The Morgan fingerprint density at radius 2 is 1.83 bits per heavy atom. The number of carbonyl (C=O) groups is 1. The second-order valence-electron chi connectivity index (χ2n) is 7.40. The van der Waals surface area contributed by atoms with Crippen LogP contribution in [0.5, 0.6) is 5.75 Å². The van der Waals surface area contributed by atoms with Crippen molar-refractivity contribution in [2.75, 3.05) is 26.7 Å². The van der Waals surface area contributed by atoms with Gasteiger partial charge in [0, 0.05) is 55.9 Å². The van der Waals surface area contributed by atoms with E-state index in [2.05, 4.69) is 10.00 Å². The number of benzene rings is 2. The van der Waals surface area contributed by atoms with E-state index < -0.39 is 0 Å². The van der Waals surface area contributed by atoms with Crippen molar-refractivity contribution in [2.24, 2.45) is 0 Å². The first-order chi connectivity index (χ1) is 14.6. The number of para-hydroxylation sites is 2. The summed E-state index contributed by atoms with van der Waals surface area (Å²) in [4.78, 5) is 16.8. The van der Waals surface area contributed by atoms with Crippen LogP contribution in [-0.2, 0) is 17.9 Å². The van der Waals surface area contributed by atoms with Crippen LogP contribution in [0.4, 0.5) is 0 Å². The highest BCUT2D eigenvalue weighted by Crippen LogP contribution is 2.22. The van der Waals surface area contributed by atoms with Gasteiger partial charge >= 0.3 is 0 Å². The number of aromatic nitrogens is 2. The van der Waals surface area contributed by atoms with Crippen molar-refractivity contribution in [1.82, 2.24) is 19.6 Å². The quantitative estimate of drug-likeness (QED) is 0.604. The van der Waals surface area contributed by atoms with Gasteiger partial charge in [0.15, 0.2) is 0 Å². The Morgan fingerprint density at radius 3 is 2.67 bits per heavy atom. The molecule has 0 aliphatic carbocycles. The van der Waals surface area contributed by atoms with E-state index in [-0.39, 0.29) is 5.91 Å². The third-order valence-electron chi connectivity index (χ3n) is 5.37. The lowest BCUT2D eigenvalue weighted by molar-refractivity contribution is -0.130. The highest BCUT2D eigenvalue weighted by molar-refractivity contribution is 6.31. The monoisotopic (exact) mass is 424 g/mol. The first-order valence-corrected chi connectivity index (χ1v) is 10.4. The second kappa shape index (κ2) is 9.32. The van der Waals surface area contributed by atoms with Crippen molar-refractivity contribution in [3.8, 4) is 11.4 Å². The minimum atomic E-state index is 0.169. The van der Waals surface area contributed by atoms with E-state index in [1.54, 1.807) is 7.11 Å². The van der Waals surface area contributed by atoms with Gasteiger partial charge in [-0.3, -0.25) is 9.69 Å². The third-order valence-corrected chi connectivity index (χ3v) is 5.74. The maximum atomic E-state index is 12.6. The molecular formula is C23H25ClN4O2. The minimum absolute atomic E-state index is 0.169. The molecule has 30 heavy (non-hydrogen) atoms. The molecule has 2 aromatic carbocycles. The third kappa shape index (κ3) is 4.66. The van der Waals surface area contributed by atoms with Crippen molar-refractivity contribution in [3.05, 3.63) is 77.1 Å². The molecule has 1 aromatic heterocycles. The summed E-state index contributed by atoms with van der Waals surface area (Å²) < 4.78 is 7.27. The maximum Gasteiger partial charge on any atom is 0.224 e. The molecule has 6 nitrogen and oxygen atoms in total. The van der Waals surface area contributed by atoms with Gasteiger partial charge in [-0.15, -0.1) is 0 Å². The second-order valence-corrected chi connectivity index (χ2v) is 7.81. The Balaban J connectivity index is 1.40. The van der Waals surface area contributed by atoms with Crippen LogP contribution < -0.4 is 4.74 Å². The average molecular weight is 425 g/mol. The molecule has 156 valence electrons. The smallest absolute Gasteiger partial charge is 0.224 e. The van der Waals surface area contributed by atoms with Crippen molar-refractivity contribution in [2.45, 2.75) is 19.5 Å². The zero-order chi connectivity index (χ0) is 20.9. The number of halogens is 1. The van der Waals surface area contributed by atoms with Crippen LogP contribution in [-0.4, -0.2) is 52.2 Å². The molecule has 0 bridgehead atoms. The number of hydrogen-bond donors (Lipinski definition) is 0. The molecule has 1 aliphatic heterocycles. The lowest BCUT2D eigenvalue weighted by Crippen LogP contribution is -2.32. The largest absolute Gasteiger partial charge is 0.494 e. The van der Waals surface area contributed by atoms with Crippen LogP contribution in [0.3, 0.4) is 0 Å². The lowest BCUT2D eigenvalue weighted by atomic mass is 10.2. The average Bonchev–Trinajstić information content (AvgIpc) is 3.16. The number of hydrogen-bond acceptors (Lipinski definition) is 4. The van der Waals surface area contributed by atoms with Gasteiger partial charge in [0.25, 0.3) is 0 Å². The number of ether oxygens (including phenoxy) is 1. The number of amides is 1. The summed E-state index contributed by atoms with van der Waals surface area (Å²) in [6.07, 6.45) is 4.40. The van der Waals surface area contributed by atoms with Gasteiger partial charge < -0.3 is 9.64 Å². The molecule has 3 aromatic rings. The predicted octanol–water partition coefficient (Wildman–Crippen LogP) is 3.77. The Morgan fingerprint density at radius 1 is 1.03 bits per heavy atom. The summed E-state index contributed by atoms with van der Waals surface area (Å²) in [6.45, 7) is 3.54. The van der Waals surface area contributed by atoms with Gasteiger partial charge in [-0.2, -0.15) is 5.10 Å². The molecule has 0 radical (unpaired) electrons. The summed E-state index contributed by atoms with van der Waals surface area (Å²) in [5.41, 5.74) is 3.00. The van der Waals surface area contributed by atoms with E-state index in [0.29, 0.717) is 24.5 Å². The number of nitrogens with zero attached hydrogens (tertiary/aromatic N) is 4. The van der Waals surface area contributed by atoms with E-state index in [9.17, 15) is 4.79 Å². The molecule has 4 rings (SSSR count). The van der Waals surface area contributed by atoms with E-state index in [1.807, 2.05) is 70.5 Å². The van der Waals surface area contributed by atoms with E-state index in [0.717, 1.165) is 42.2 Å².